The Labute approximate surface area is 110 Å². The fourth-order valence-electron chi connectivity index (χ4n) is 2.73. The molecule has 1 amide bonds. The third kappa shape index (κ3) is 2.97. The number of alkyl carbamates (subject to hydrolysis) is 1. The number of hydrogen-bond donors (Lipinski definition) is 1. The van der Waals surface area contributed by atoms with E-state index < -0.39 is 5.60 Å². The largest absolute Gasteiger partial charge is 0.444 e. The number of amides is 1. The van der Waals surface area contributed by atoms with Crippen LogP contribution in [0.2, 0.25) is 0 Å². The van der Waals surface area contributed by atoms with Crippen molar-refractivity contribution in [1.82, 2.24) is 10.2 Å². The molecule has 1 N–H and O–H groups in total. The molecule has 1 saturated carbocycles. The Morgan fingerprint density at radius 1 is 1.11 bits per heavy atom. The molecule has 1 aliphatic heterocycles. The van der Waals surface area contributed by atoms with Gasteiger partial charge in [-0.25, -0.2) is 4.79 Å². The number of carbonyl (C=O) groups excluding carboxylic acids is 1. The average Bonchev–Trinajstić information content (AvgIpc) is 2.59. The minimum Gasteiger partial charge on any atom is -0.444 e. The summed E-state index contributed by atoms with van der Waals surface area (Å²) in [4.78, 5) is 14.2. The Kier molecular flexibility index (Phi) is 3.13. The van der Waals surface area contributed by atoms with E-state index in [-0.39, 0.29) is 11.6 Å². The second-order valence-electron chi connectivity index (χ2n) is 7.58. The maximum atomic E-state index is 11.7. The summed E-state index contributed by atoms with van der Waals surface area (Å²) in [5, 5.41) is 3.00. The van der Waals surface area contributed by atoms with Gasteiger partial charge in [0.25, 0.3) is 0 Å². The van der Waals surface area contributed by atoms with Crippen molar-refractivity contribution in [3.63, 3.8) is 0 Å². The summed E-state index contributed by atoms with van der Waals surface area (Å²) in [7, 11) is 0. The molecule has 4 nitrogen and oxygen atoms in total. The molecule has 4 heteroatoms. The highest BCUT2D eigenvalue weighted by molar-refractivity contribution is 5.68. The van der Waals surface area contributed by atoms with Gasteiger partial charge >= 0.3 is 6.09 Å². The maximum Gasteiger partial charge on any atom is 0.407 e. The number of likely N-dealkylation sites (tertiary alicyclic amines) is 1. The normalized spacial score (nSPS) is 32.0. The molecule has 104 valence electrons. The molecule has 0 radical (unpaired) electrons. The van der Waals surface area contributed by atoms with Gasteiger partial charge in [0, 0.05) is 24.7 Å². The lowest BCUT2D eigenvalue weighted by atomic mass is 10.1. The third-order valence-corrected chi connectivity index (χ3v) is 3.83. The number of ether oxygens (including phenoxy) is 1. The Bertz CT molecular complexity index is 329. The molecule has 0 aromatic heterocycles. The van der Waals surface area contributed by atoms with E-state index in [4.69, 9.17) is 4.74 Å². The molecule has 2 fully saturated rings. The second-order valence-corrected chi connectivity index (χ2v) is 7.58. The lowest BCUT2D eigenvalue weighted by Crippen LogP contribution is -2.44. The van der Waals surface area contributed by atoms with Gasteiger partial charge in [-0.05, 0) is 53.4 Å². The lowest BCUT2D eigenvalue weighted by molar-refractivity contribution is 0.0508. The van der Waals surface area contributed by atoms with Gasteiger partial charge in [-0.1, -0.05) is 0 Å². The van der Waals surface area contributed by atoms with Crippen LogP contribution >= 0.6 is 0 Å². The molecule has 0 aromatic rings. The van der Waals surface area contributed by atoms with Gasteiger partial charge in [0.05, 0.1) is 0 Å². The van der Waals surface area contributed by atoms with Gasteiger partial charge in [0.2, 0.25) is 0 Å². The minimum absolute atomic E-state index is 0.240. The van der Waals surface area contributed by atoms with Crippen LogP contribution in [0.4, 0.5) is 4.79 Å². The van der Waals surface area contributed by atoms with E-state index in [2.05, 4.69) is 31.0 Å². The number of rotatable bonds is 1. The van der Waals surface area contributed by atoms with E-state index in [1.165, 1.54) is 0 Å². The maximum absolute atomic E-state index is 11.7. The van der Waals surface area contributed by atoms with Gasteiger partial charge < -0.3 is 10.1 Å². The minimum atomic E-state index is -0.411. The van der Waals surface area contributed by atoms with Crippen molar-refractivity contribution in [2.45, 2.75) is 58.7 Å². The van der Waals surface area contributed by atoms with Crippen molar-refractivity contribution in [3.05, 3.63) is 0 Å². The number of hydrogen-bond acceptors (Lipinski definition) is 3. The molecular weight excluding hydrogens is 228 g/mol. The Balaban J connectivity index is 1.77. The van der Waals surface area contributed by atoms with Crippen LogP contribution in [0.1, 0.15) is 41.5 Å². The predicted molar refractivity (Wildman–Crippen MR) is 71.5 cm³/mol. The van der Waals surface area contributed by atoms with E-state index in [0.717, 1.165) is 13.1 Å². The SMILES string of the molecule is CC(C)(C)OC(=O)NC1[C@H]2CN(C(C)(C)C)C[C@@H]12. The summed E-state index contributed by atoms with van der Waals surface area (Å²) in [5.74, 6) is 1.24. The molecule has 0 bridgehead atoms. The number of nitrogens with one attached hydrogen (secondary N) is 1. The Morgan fingerprint density at radius 2 is 1.61 bits per heavy atom. The van der Waals surface area contributed by atoms with Gasteiger partial charge in [-0.3, -0.25) is 4.90 Å². The first kappa shape index (κ1) is 13.7. The molecule has 1 aliphatic carbocycles. The van der Waals surface area contributed by atoms with Crippen LogP contribution in [-0.4, -0.2) is 41.3 Å². The zero-order chi connectivity index (χ0) is 13.7. The second kappa shape index (κ2) is 4.12. The first-order chi connectivity index (χ1) is 8.08. The van der Waals surface area contributed by atoms with Gasteiger partial charge in [0.15, 0.2) is 0 Å². The number of piperidine rings is 1. The molecule has 3 atom stereocenters. The quantitative estimate of drug-likeness (QED) is 0.780. The number of fused-ring (bicyclic) bond motifs is 1. The third-order valence-electron chi connectivity index (χ3n) is 3.83. The molecular formula is C14H26N2O2. The first-order valence-electron chi connectivity index (χ1n) is 6.82. The fourth-order valence-corrected chi connectivity index (χ4v) is 2.73. The van der Waals surface area contributed by atoms with Crippen LogP contribution in [0, 0.1) is 11.8 Å². The number of carbonyl (C=O) groups is 1. The van der Waals surface area contributed by atoms with Crippen LogP contribution in [0.25, 0.3) is 0 Å². The fraction of sp³-hybridized carbons (Fsp3) is 0.929. The van der Waals surface area contributed by atoms with Crippen LogP contribution in [0.15, 0.2) is 0 Å². The zero-order valence-electron chi connectivity index (χ0n) is 12.4. The molecule has 18 heavy (non-hydrogen) atoms. The summed E-state index contributed by atoms with van der Waals surface area (Å²) in [5.41, 5.74) is -0.171. The highest BCUT2D eigenvalue weighted by Crippen LogP contribution is 2.47. The zero-order valence-corrected chi connectivity index (χ0v) is 12.4. The van der Waals surface area contributed by atoms with Crippen molar-refractivity contribution >= 4 is 6.09 Å². The molecule has 1 heterocycles. The van der Waals surface area contributed by atoms with Crippen molar-refractivity contribution in [1.29, 1.82) is 0 Å². The van der Waals surface area contributed by atoms with Gasteiger partial charge in [-0.2, -0.15) is 0 Å². The summed E-state index contributed by atoms with van der Waals surface area (Å²) in [6.45, 7) is 14.6. The average molecular weight is 254 g/mol. The molecule has 1 unspecified atom stereocenters. The highest BCUT2D eigenvalue weighted by Gasteiger charge is 2.58. The Morgan fingerprint density at radius 3 is 2.00 bits per heavy atom. The van der Waals surface area contributed by atoms with E-state index in [0.29, 0.717) is 17.9 Å². The monoisotopic (exact) mass is 254 g/mol. The van der Waals surface area contributed by atoms with Crippen molar-refractivity contribution in [2.75, 3.05) is 13.1 Å². The molecule has 0 aromatic carbocycles. The smallest absolute Gasteiger partial charge is 0.407 e. The lowest BCUT2D eigenvalue weighted by Gasteiger charge is -2.33. The topological polar surface area (TPSA) is 41.6 Å². The molecule has 2 aliphatic rings. The molecule has 2 rings (SSSR count). The van der Waals surface area contributed by atoms with Crippen LogP contribution in [0.5, 0.6) is 0 Å². The number of nitrogens with zero attached hydrogens (tertiary/aromatic N) is 1. The highest BCUT2D eigenvalue weighted by atomic mass is 16.6. The van der Waals surface area contributed by atoms with E-state index >= 15 is 0 Å². The van der Waals surface area contributed by atoms with Gasteiger partial charge in [-0.15, -0.1) is 0 Å². The van der Waals surface area contributed by atoms with Crippen molar-refractivity contribution in [3.8, 4) is 0 Å². The summed E-state index contributed by atoms with van der Waals surface area (Å²) in [6, 6.07) is 0.332. The predicted octanol–water partition coefficient (Wildman–Crippen LogP) is 2.24. The molecule has 1 saturated heterocycles. The van der Waals surface area contributed by atoms with Crippen molar-refractivity contribution < 1.29 is 9.53 Å². The Hall–Kier alpha value is -0.770. The standard InChI is InChI=1S/C14H26N2O2/c1-13(2,3)16-7-9-10(8-16)11(9)15-12(17)18-14(4,5)6/h9-11H,7-8H2,1-6H3,(H,15,17)/t9-,10+,11?. The molecule has 0 spiro atoms. The first-order valence-corrected chi connectivity index (χ1v) is 6.82. The van der Waals surface area contributed by atoms with Crippen molar-refractivity contribution in [2.24, 2.45) is 11.8 Å². The van der Waals surface area contributed by atoms with Crippen LogP contribution in [0.3, 0.4) is 0 Å². The van der Waals surface area contributed by atoms with E-state index in [1.807, 2.05) is 20.8 Å². The summed E-state index contributed by atoms with van der Waals surface area (Å²) >= 11 is 0. The van der Waals surface area contributed by atoms with Crippen LogP contribution < -0.4 is 5.32 Å². The van der Waals surface area contributed by atoms with Crippen LogP contribution in [-0.2, 0) is 4.74 Å². The van der Waals surface area contributed by atoms with E-state index in [9.17, 15) is 4.79 Å². The summed E-state index contributed by atoms with van der Waals surface area (Å²) < 4.78 is 5.28. The summed E-state index contributed by atoms with van der Waals surface area (Å²) in [6.07, 6.45) is -0.274. The van der Waals surface area contributed by atoms with Gasteiger partial charge in [0.1, 0.15) is 5.60 Å². The van der Waals surface area contributed by atoms with E-state index in [1.54, 1.807) is 0 Å².